The highest BCUT2D eigenvalue weighted by atomic mass is 16.6. The molecule has 19 heavy (non-hydrogen) atoms. The Kier molecular flexibility index (Phi) is 3.11. The highest BCUT2D eigenvalue weighted by molar-refractivity contribution is 5.91. The van der Waals surface area contributed by atoms with Gasteiger partial charge in [0, 0.05) is 0 Å². The predicted molar refractivity (Wildman–Crippen MR) is 68.5 cm³/mol. The van der Waals surface area contributed by atoms with Crippen molar-refractivity contribution in [2.24, 2.45) is 0 Å². The van der Waals surface area contributed by atoms with E-state index >= 15 is 0 Å². The largest absolute Gasteiger partial charge is 0.478 e. The maximum Gasteiger partial charge on any atom is 0.394 e. The van der Waals surface area contributed by atoms with E-state index in [1.165, 1.54) is 31.4 Å². The molecule has 1 saturated carbocycles. The summed E-state index contributed by atoms with van der Waals surface area (Å²) < 4.78 is 11.2. The van der Waals surface area contributed by atoms with Crippen molar-refractivity contribution < 1.29 is 19.1 Å². The number of fused-ring (bicyclic) bond motifs is 1. The van der Waals surface area contributed by atoms with Crippen molar-refractivity contribution in [1.29, 1.82) is 0 Å². The van der Waals surface area contributed by atoms with Gasteiger partial charge >= 0.3 is 12.0 Å². The molecule has 1 heterocycles. The molecule has 0 radical (unpaired) electrons. The van der Waals surface area contributed by atoms with E-state index < -0.39 is 5.97 Å². The maximum atomic E-state index is 10.9. The van der Waals surface area contributed by atoms with Gasteiger partial charge in [-0.05, 0) is 43.9 Å². The summed E-state index contributed by atoms with van der Waals surface area (Å²) in [6.45, 7) is 0. The van der Waals surface area contributed by atoms with Crippen LogP contribution in [-0.2, 0) is 0 Å². The second-order valence-electron chi connectivity index (χ2n) is 4.85. The lowest BCUT2D eigenvalue weighted by molar-refractivity contribution is 0.0696. The molecule has 3 rings (SSSR count). The Hall–Kier alpha value is -2.04. The highest BCUT2D eigenvalue weighted by Crippen LogP contribution is 2.26. The fourth-order valence-electron chi connectivity index (χ4n) is 2.41. The molecule has 1 aromatic heterocycles. The Labute approximate surface area is 110 Å². The zero-order valence-corrected chi connectivity index (χ0v) is 10.5. The second-order valence-corrected chi connectivity index (χ2v) is 4.85. The Balaban J connectivity index is 1.82. The van der Waals surface area contributed by atoms with Crippen molar-refractivity contribution in [3.05, 3.63) is 23.8 Å². The summed E-state index contributed by atoms with van der Waals surface area (Å²) in [6, 6.07) is 4.62. The number of nitrogens with zero attached hydrogens (tertiary/aromatic N) is 1. The third-order valence-electron chi connectivity index (χ3n) is 3.44. The fraction of sp³-hybridized carbons (Fsp3) is 0.429. The van der Waals surface area contributed by atoms with Gasteiger partial charge in [-0.3, -0.25) is 0 Å². The number of hydrogen-bond donors (Lipinski definition) is 1. The summed E-state index contributed by atoms with van der Waals surface area (Å²) >= 11 is 0. The monoisotopic (exact) mass is 261 g/mol. The molecular formula is C14H15NO4. The van der Waals surface area contributed by atoms with Crippen molar-refractivity contribution in [3.8, 4) is 6.08 Å². The summed E-state index contributed by atoms with van der Waals surface area (Å²) in [5.41, 5.74) is 1.26. The normalized spacial score (nSPS) is 16.6. The molecule has 1 fully saturated rings. The second kappa shape index (κ2) is 4.91. The van der Waals surface area contributed by atoms with E-state index in [9.17, 15) is 4.79 Å². The summed E-state index contributed by atoms with van der Waals surface area (Å²) in [5.74, 6) is -0.979. The van der Waals surface area contributed by atoms with Crippen LogP contribution in [0, 0.1) is 0 Å². The van der Waals surface area contributed by atoms with Gasteiger partial charge in [0.1, 0.15) is 11.6 Å². The van der Waals surface area contributed by atoms with Gasteiger partial charge in [-0.25, -0.2) is 4.79 Å². The minimum absolute atomic E-state index is 0.167. The van der Waals surface area contributed by atoms with Gasteiger partial charge in [0.05, 0.1) is 5.56 Å². The first kappa shape index (κ1) is 12.0. The number of benzene rings is 1. The third-order valence-corrected chi connectivity index (χ3v) is 3.44. The van der Waals surface area contributed by atoms with Gasteiger partial charge in [-0.2, -0.15) is 4.98 Å². The average molecular weight is 261 g/mol. The average Bonchev–Trinajstić information content (AvgIpc) is 2.80. The first-order valence-corrected chi connectivity index (χ1v) is 6.53. The lowest BCUT2D eigenvalue weighted by Crippen LogP contribution is -2.19. The van der Waals surface area contributed by atoms with Crippen LogP contribution in [0.2, 0.25) is 0 Å². The van der Waals surface area contributed by atoms with Crippen LogP contribution in [0.5, 0.6) is 6.08 Å². The van der Waals surface area contributed by atoms with Crippen LogP contribution >= 0.6 is 0 Å². The Morgan fingerprint density at radius 1 is 1.32 bits per heavy atom. The van der Waals surface area contributed by atoms with E-state index in [4.69, 9.17) is 14.3 Å². The zero-order chi connectivity index (χ0) is 13.2. The minimum atomic E-state index is -0.979. The predicted octanol–water partition coefficient (Wildman–Crippen LogP) is 3.24. The van der Waals surface area contributed by atoms with Gasteiger partial charge in [0.2, 0.25) is 0 Å². The Bertz CT molecular complexity index is 599. The Morgan fingerprint density at radius 2 is 2.11 bits per heavy atom. The number of aromatic nitrogens is 1. The number of oxazole rings is 1. The molecule has 1 aliphatic rings. The van der Waals surface area contributed by atoms with Gasteiger partial charge in [0.15, 0.2) is 5.58 Å². The molecule has 1 aliphatic carbocycles. The number of carboxylic acids is 1. The van der Waals surface area contributed by atoms with Crippen molar-refractivity contribution in [1.82, 2.24) is 4.98 Å². The van der Waals surface area contributed by atoms with E-state index in [0.29, 0.717) is 11.1 Å². The van der Waals surface area contributed by atoms with Crippen molar-refractivity contribution in [2.75, 3.05) is 0 Å². The van der Waals surface area contributed by atoms with Gasteiger partial charge in [0.25, 0.3) is 0 Å². The summed E-state index contributed by atoms with van der Waals surface area (Å²) in [6.07, 6.45) is 6.07. The number of hydrogen-bond acceptors (Lipinski definition) is 4. The summed E-state index contributed by atoms with van der Waals surface area (Å²) in [5, 5.41) is 8.92. The minimum Gasteiger partial charge on any atom is -0.478 e. The topological polar surface area (TPSA) is 72.6 Å². The number of carboxylic acid groups (broad SMARTS) is 1. The smallest absolute Gasteiger partial charge is 0.394 e. The molecule has 0 spiro atoms. The molecule has 0 unspecified atom stereocenters. The third kappa shape index (κ3) is 2.54. The van der Waals surface area contributed by atoms with Crippen LogP contribution in [0.1, 0.15) is 42.5 Å². The molecule has 0 amide bonds. The van der Waals surface area contributed by atoms with E-state index in [-0.39, 0.29) is 17.7 Å². The fourth-order valence-corrected chi connectivity index (χ4v) is 2.41. The van der Waals surface area contributed by atoms with Crippen LogP contribution in [0.4, 0.5) is 0 Å². The van der Waals surface area contributed by atoms with Crippen molar-refractivity contribution in [2.45, 2.75) is 38.2 Å². The number of carbonyl (C=O) groups is 1. The first-order chi connectivity index (χ1) is 9.22. The van der Waals surface area contributed by atoms with Crippen molar-refractivity contribution in [3.63, 3.8) is 0 Å². The maximum absolute atomic E-state index is 10.9. The van der Waals surface area contributed by atoms with Crippen LogP contribution in [0.15, 0.2) is 22.6 Å². The van der Waals surface area contributed by atoms with E-state index in [1.54, 1.807) is 6.07 Å². The molecular weight excluding hydrogens is 246 g/mol. The van der Waals surface area contributed by atoms with Crippen molar-refractivity contribution >= 4 is 17.1 Å². The number of rotatable bonds is 3. The standard InChI is InChI=1S/C14H15NO4/c16-13(17)9-6-7-11-12(8-9)19-14(15-11)18-10-4-2-1-3-5-10/h6-8,10H,1-5H2,(H,16,17). The van der Waals surface area contributed by atoms with Crippen LogP contribution in [-0.4, -0.2) is 22.2 Å². The van der Waals surface area contributed by atoms with Crippen LogP contribution in [0.3, 0.4) is 0 Å². The van der Waals surface area contributed by atoms with E-state index in [1.807, 2.05) is 0 Å². The molecule has 0 aliphatic heterocycles. The number of aromatic carboxylic acids is 1. The number of ether oxygens (including phenoxy) is 1. The van der Waals surface area contributed by atoms with Crippen LogP contribution < -0.4 is 4.74 Å². The molecule has 1 aromatic carbocycles. The molecule has 0 atom stereocenters. The Morgan fingerprint density at radius 3 is 2.84 bits per heavy atom. The molecule has 5 nitrogen and oxygen atoms in total. The van der Waals surface area contributed by atoms with E-state index in [2.05, 4.69) is 4.98 Å². The summed E-state index contributed by atoms with van der Waals surface area (Å²) in [7, 11) is 0. The SMILES string of the molecule is O=C(O)c1ccc2nc(OC3CCCCC3)oc2c1. The van der Waals surface area contributed by atoms with Crippen LogP contribution in [0.25, 0.3) is 11.1 Å². The lowest BCUT2D eigenvalue weighted by Gasteiger charge is -2.20. The van der Waals surface area contributed by atoms with Gasteiger partial charge in [-0.15, -0.1) is 0 Å². The quantitative estimate of drug-likeness (QED) is 0.918. The molecule has 100 valence electrons. The molecule has 0 saturated heterocycles. The molecule has 0 bridgehead atoms. The molecule has 1 N–H and O–H groups in total. The zero-order valence-electron chi connectivity index (χ0n) is 10.5. The van der Waals surface area contributed by atoms with Gasteiger partial charge in [-0.1, -0.05) is 6.42 Å². The highest BCUT2D eigenvalue weighted by Gasteiger charge is 2.18. The molecule has 2 aromatic rings. The summed E-state index contributed by atoms with van der Waals surface area (Å²) in [4.78, 5) is 15.1. The lowest BCUT2D eigenvalue weighted by atomic mass is 9.98. The first-order valence-electron chi connectivity index (χ1n) is 6.53. The van der Waals surface area contributed by atoms with E-state index in [0.717, 1.165) is 12.8 Å². The van der Waals surface area contributed by atoms with Gasteiger partial charge < -0.3 is 14.3 Å². The molecule has 5 heteroatoms.